The van der Waals surface area contributed by atoms with Crippen LogP contribution in [0.3, 0.4) is 0 Å². The summed E-state index contributed by atoms with van der Waals surface area (Å²) in [5.41, 5.74) is 1.35. The molecule has 0 radical (unpaired) electrons. The summed E-state index contributed by atoms with van der Waals surface area (Å²) in [5.74, 6) is -0.104. The highest BCUT2D eigenvalue weighted by Gasteiger charge is 2.27. The van der Waals surface area contributed by atoms with Crippen molar-refractivity contribution in [3.05, 3.63) is 23.3 Å². The van der Waals surface area contributed by atoms with Gasteiger partial charge in [-0.2, -0.15) is 0 Å². The number of aromatic nitrogens is 2. The fourth-order valence-electron chi connectivity index (χ4n) is 2.28. The maximum Gasteiger partial charge on any atom is 0.408 e. The molecule has 0 bridgehead atoms. The lowest BCUT2D eigenvalue weighted by atomic mass is 9.95. The van der Waals surface area contributed by atoms with Gasteiger partial charge in [-0.05, 0) is 40.0 Å². The molecule has 0 saturated heterocycles. The van der Waals surface area contributed by atoms with E-state index >= 15 is 0 Å². The Morgan fingerprint density at radius 2 is 2.10 bits per heavy atom. The topological polar surface area (TPSA) is 81.2 Å². The zero-order valence-corrected chi connectivity index (χ0v) is 12.9. The van der Waals surface area contributed by atoms with Gasteiger partial charge >= 0.3 is 6.09 Å². The summed E-state index contributed by atoms with van der Waals surface area (Å²) in [6, 6.07) is -0.211. The smallest absolute Gasteiger partial charge is 0.408 e. The number of nitrogens with zero attached hydrogens (tertiary/aromatic N) is 2. The molecule has 1 aromatic heterocycles. The summed E-state index contributed by atoms with van der Waals surface area (Å²) in [7, 11) is 0. The highest BCUT2D eigenvalue weighted by atomic mass is 16.6. The number of rotatable bonds is 2. The molecular weight excluding hydrogens is 270 g/mol. The highest BCUT2D eigenvalue weighted by molar-refractivity contribution is 5.91. The van der Waals surface area contributed by atoms with E-state index in [0.29, 0.717) is 5.69 Å². The number of hydrogen-bond acceptors (Lipinski definition) is 5. The number of hydrogen-bond donors (Lipinski definition) is 1. The van der Waals surface area contributed by atoms with E-state index in [2.05, 4.69) is 15.3 Å². The SMILES string of the molecule is CC(=O)c1cnc2c(n1)CCC[C@H]2NC(=O)OC(C)(C)C. The van der Waals surface area contributed by atoms with Gasteiger partial charge in [-0.3, -0.25) is 9.78 Å². The number of ether oxygens (including phenoxy) is 1. The fraction of sp³-hybridized carbons (Fsp3) is 0.600. The summed E-state index contributed by atoms with van der Waals surface area (Å²) in [6.45, 7) is 6.93. The van der Waals surface area contributed by atoms with E-state index in [1.165, 1.54) is 13.1 Å². The normalized spacial score (nSPS) is 17.8. The van der Waals surface area contributed by atoms with Gasteiger partial charge in [-0.15, -0.1) is 0 Å². The van der Waals surface area contributed by atoms with Gasteiger partial charge in [0.25, 0.3) is 0 Å². The van der Waals surface area contributed by atoms with Crippen molar-refractivity contribution >= 4 is 11.9 Å². The first-order valence-electron chi connectivity index (χ1n) is 7.12. The largest absolute Gasteiger partial charge is 0.444 e. The molecule has 114 valence electrons. The van der Waals surface area contributed by atoms with Crippen LogP contribution in [0.1, 0.15) is 68.5 Å². The molecule has 1 aromatic rings. The Morgan fingerprint density at radius 1 is 1.38 bits per heavy atom. The molecule has 0 aromatic carbocycles. The van der Waals surface area contributed by atoms with Crippen LogP contribution in [-0.4, -0.2) is 27.4 Å². The lowest BCUT2D eigenvalue weighted by molar-refractivity contribution is 0.0497. The predicted molar refractivity (Wildman–Crippen MR) is 77.1 cm³/mol. The lowest BCUT2D eigenvalue weighted by Crippen LogP contribution is -2.36. The van der Waals surface area contributed by atoms with Crippen LogP contribution < -0.4 is 5.32 Å². The Balaban J connectivity index is 2.15. The van der Waals surface area contributed by atoms with Crippen molar-refractivity contribution in [2.75, 3.05) is 0 Å². The van der Waals surface area contributed by atoms with Gasteiger partial charge in [0.15, 0.2) is 5.78 Å². The standard InChI is InChI=1S/C15H21N3O3/c1-9(19)12-8-16-13-10(17-12)6-5-7-11(13)18-14(20)21-15(2,3)4/h8,11H,5-7H2,1-4H3,(H,18,20)/t11-/m1/s1. The minimum atomic E-state index is -0.536. The first kappa shape index (κ1) is 15.4. The van der Waals surface area contributed by atoms with Crippen molar-refractivity contribution in [1.82, 2.24) is 15.3 Å². The molecule has 6 nitrogen and oxygen atoms in total. The number of carbonyl (C=O) groups excluding carboxylic acids is 2. The van der Waals surface area contributed by atoms with Crippen LogP contribution in [-0.2, 0) is 11.2 Å². The second kappa shape index (κ2) is 5.79. The van der Waals surface area contributed by atoms with Gasteiger partial charge in [0.1, 0.15) is 11.3 Å². The summed E-state index contributed by atoms with van der Waals surface area (Å²) in [4.78, 5) is 31.9. The average Bonchev–Trinajstić information content (AvgIpc) is 2.36. The molecule has 1 amide bonds. The van der Waals surface area contributed by atoms with Gasteiger partial charge in [0.05, 0.1) is 23.6 Å². The first-order valence-corrected chi connectivity index (χ1v) is 7.12. The number of aryl methyl sites for hydroxylation is 1. The molecular formula is C15H21N3O3. The van der Waals surface area contributed by atoms with Crippen LogP contribution in [0.5, 0.6) is 0 Å². The van der Waals surface area contributed by atoms with Crippen LogP contribution in [0, 0.1) is 0 Å². The number of fused-ring (bicyclic) bond motifs is 1. The average molecular weight is 291 g/mol. The highest BCUT2D eigenvalue weighted by Crippen LogP contribution is 2.27. The van der Waals surface area contributed by atoms with Crippen LogP contribution >= 0.6 is 0 Å². The summed E-state index contributed by atoms with van der Waals surface area (Å²) < 4.78 is 5.27. The Hall–Kier alpha value is -1.98. The first-order chi connectivity index (χ1) is 9.76. The Bertz CT molecular complexity index is 564. The maximum atomic E-state index is 11.9. The molecule has 6 heteroatoms. The molecule has 1 atom stereocenters. The third-order valence-electron chi connectivity index (χ3n) is 3.17. The lowest BCUT2D eigenvalue weighted by Gasteiger charge is -2.26. The van der Waals surface area contributed by atoms with Crippen LogP contribution in [0.25, 0.3) is 0 Å². The molecule has 2 rings (SSSR count). The fourth-order valence-corrected chi connectivity index (χ4v) is 2.28. The molecule has 21 heavy (non-hydrogen) atoms. The number of nitrogens with one attached hydrogen (secondary N) is 1. The van der Waals surface area contributed by atoms with E-state index in [4.69, 9.17) is 4.74 Å². The number of ketones is 1. The monoisotopic (exact) mass is 291 g/mol. The van der Waals surface area contributed by atoms with Gasteiger partial charge in [0, 0.05) is 6.92 Å². The summed E-state index contributed by atoms with van der Waals surface area (Å²) in [5, 5.41) is 2.83. The van der Waals surface area contributed by atoms with Crippen molar-refractivity contribution in [2.24, 2.45) is 0 Å². The Kier molecular flexibility index (Phi) is 4.25. The predicted octanol–water partition coefficient (Wildman–Crippen LogP) is 2.58. The molecule has 1 N–H and O–H groups in total. The van der Waals surface area contributed by atoms with Crippen molar-refractivity contribution in [3.63, 3.8) is 0 Å². The van der Waals surface area contributed by atoms with E-state index in [9.17, 15) is 9.59 Å². The van der Waals surface area contributed by atoms with Crippen LogP contribution in [0.2, 0.25) is 0 Å². The third-order valence-corrected chi connectivity index (χ3v) is 3.17. The van der Waals surface area contributed by atoms with Crippen molar-refractivity contribution in [1.29, 1.82) is 0 Å². The van der Waals surface area contributed by atoms with Gasteiger partial charge in [-0.1, -0.05) is 0 Å². The van der Waals surface area contributed by atoms with Gasteiger partial charge < -0.3 is 10.1 Å². The minimum Gasteiger partial charge on any atom is -0.444 e. The zero-order chi connectivity index (χ0) is 15.6. The third kappa shape index (κ3) is 4.00. The zero-order valence-electron chi connectivity index (χ0n) is 12.9. The van der Waals surface area contributed by atoms with Crippen molar-refractivity contribution in [2.45, 2.75) is 58.6 Å². The summed E-state index contributed by atoms with van der Waals surface area (Å²) in [6.07, 6.45) is 3.47. The Labute approximate surface area is 124 Å². The molecule has 0 aliphatic heterocycles. The van der Waals surface area contributed by atoms with Gasteiger partial charge in [0.2, 0.25) is 0 Å². The van der Waals surface area contributed by atoms with E-state index in [-0.39, 0.29) is 11.8 Å². The maximum absolute atomic E-state index is 11.9. The molecule has 0 fully saturated rings. The molecule has 1 aliphatic rings. The summed E-state index contributed by atoms with van der Waals surface area (Å²) >= 11 is 0. The molecule has 1 heterocycles. The van der Waals surface area contributed by atoms with E-state index in [1.807, 2.05) is 20.8 Å². The van der Waals surface area contributed by atoms with Crippen LogP contribution in [0.15, 0.2) is 6.20 Å². The van der Waals surface area contributed by atoms with Crippen molar-refractivity contribution < 1.29 is 14.3 Å². The number of Topliss-reactive ketones (excluding diaryl/α,β-unsaturated/α-hetero) is 1. The number of alkyl carbamates (subject to hydrolysis) is 1. The number of carbonyl (C=O) groups is 2. The van der Waals surface area contributed by atoms with Crippen LogP contribution in [0.4, 0.5) is 4.79 Å². The molecule has 0 unspecified atom stereocenters. The second-order valence-corrected chi connectivity index (χ2v) is 6.23. The van der Waals surface area contributed by atoms with Crippen molar-refractivity contribution in [3.8, 4) is 0 Å². The molecule has 1 aliphatic carbocycles. The number of amides is 1. The molecule has 0 spiro atoms. The second-order valence-electron chi connectivity index (χ2n) is 6.23. The molecule has 0 saturated carbocycles. The van der Waals surface area contributed by atoms with E-state index in [0.717, 1.165) is 30.7 Å². The Morgan fingerprint density at radius 3 is 2.71 bits per heavy atom. The quantitative estimate of drug-likeness (QED) is 0.847. The van der Waals surface area contributed by atoms with Gasteiger partial charge in [-0.25, -0.2) is 9.78 Å². The minimum absolute atomic E-state index is 0.104. The van der Waals surface area contributed by atoms with E-state index < -0.39 is 11.7 Å². The van der Waals surface area contributed by atoms with E-state index in [1.54, 1.807) is 0 Å².